The van der Waals surface area contributed by atoms with Gasteiger partial charge in [-0.15, -0.1) is 23.2 Å². The molecule has 1 aromatic carbocycles. The normalized spacial score (nSPS) is 12.0. The number of unbranched alkanes of at least 4 members (excludes halogenated alkanes) is 1. The maximum Gasteiger partial charge on any atom is 0.179 e. The number of halogens is 2. The van der Waals surface area contributed by atoms with Crippen LogP contribution in [0.2, 0.25) is 0 Å². The SMILES string of the molecule is CCCCOc1cccc(C#N)c1OCC(O)C(Cl)Cl. The van der Waals surface area contributed by atoms with Gasteiger partial charge in [-0.05, 0) is 18.6 Å². The first-order valence-electron chi connectivity index (χ1n) is 6.35. The molecule has 0 amide bonds. The lowest BCUT2D eigenvalue weighted by Crippen LogP contribution is -2.24. The summed E-state index contributed by atoms with van der Waals surface area (Å²) in [5, 5.41) is 18.6. The molecule has 0 aliphatic heterocycles. The third kappa shape index (κ3) is 5.09. The lowest BCUT2D eigenvalue weighted by atomic mass is 10.2. The molecule has 1 atom stereocenters. The quantitative estimate of drug-likeness (QED) is 0.590. The van der Waals surface area contributed by atoms with E-state index in [-0.39, 0.29) is 6.61 Å². The van der Waals surface area contributed by atoms with Crippen LogP contribution in [0.25, 0.3) is 0 Å². The van der Waals surface area contributed by atoms with E-state index in [0.717, 1.165) is 12.8 Å². The molecule has 0 aromatic heterocycles. The molecule has 0 bridgehead atoms. The summed E-state index contributed by atoms with van der Waals surface area (Å²) in [4.78, 5) is -0.950. The van der Waals surface area contributed by atoms with E-state index in [4.69, 9.17) is 37.9 Å². The van der Waals surface area contributed by atoms with Gasteiger partial charge >= 0.3 is 0 Å². The number of nitrogens with zero attached hydrogens (tertiary/aromatic N) is 1. The number of hydrogen-bond donors (Lipinski definition) is 1. The van der Waals surface area contributed by atoms with Crippen LogP contribution in [0.15, 0.2) is 18.2 Å². The van der Waals surface area contributed by atoms with Crippen molar-refractivity contribution in [1.29, 1.82) is 5.26 Å². The number of benzene rings is 1. The predicted molar refractivity (Wildman–Crippen MR) is 78.6 cm³/mol. The molecule has 0 saturated heterocycles. The van der Waals surface area contributed by atoms with Crippen LogP contribution < -0.4 is 9.47 Å². The van der Waals surface area contributed by atoms with E-state index in [2.05, 4.69) is 6.92 Å². The van der Waals surface area contributed by atoms with E-state index < -0.39 is 10.9 Å². The fraction of sp³-hybridized carbons (Fsp3) is 0.500. The number of para-hydroxylation sites is 1. The van der Waals surface area contributed by atoms with E-state index in [9.17, 15) is 5.11 Å². The highest BCUT2D eigenvalue weighted by Crippen LogP contribution is 2.31. The summed E-state index contributed by atoms with van der Waals surface area (Å²) >= 11 is 11.1. The number of rotatable bonds is 8. The van der Waals surface area contributed by atoms with Crippen LogP contribution in [0.1, 0.15) is 25.3 Å². The molecule has 1 N–H and O–H groups in total. The third-order valence-corrected chi connectivity index (χ3v) is 3.13. The largest absolute Gasteiger partial charge is 0.490 e. The van der Waals surface area contributed by atoms with Crippen LogP contribution in [0.5, 0.6) is 11.5 Å². The smallest absolute Gasteiger partial charge is 0.179 e. The van der Waals surface area contributed by atoms with Crippen molar-refractivity contribution >= 4 is 23.2 Å². The fourth-order valence-corrected chi connectivity index (χ4v) is 1.58. The van der Waals surface area contributed by atoms with Crippen molar-refractivity contribution in [2.45, 2.75) is 30.7 Å². The number of aliphatic hydroxyl groups excluding tert-OH is 1. The molecule has 0 fully saturated rings. The summed E-state index contributed by atoms with van der Waals surface area (Å²) in [6.07, 6.45) is 0.880. The lowest BCUT2D eigenvalue weighted by molar-refractivity contribution is 0.115. The van der Waals surface area contributed by atoms with E-state index in [1.807, 2.05) is 6.07 Å². The fourth-order valence-electron chi connectivity index (χ4n) is 1.43. The Morgan fingerprint density at radius 3 is 2.70 bits per heavy atom. The predicted octanol–water partition coefficient (Wildman–Crippen LogP) is 3.28. The Balaban J connectivity index is 2.81. The Morgan fingerprint density at radius 1 is 1.35 bits per heavy atom. The van der Waals surface area contributed by atoms with Crippen LogP contribution in [0.3, 0.4) is 0 Å². The van der Waals surface area contributed by atoms with Crippen molar-refractivity contribution in [3.63, 3.8) is 0 Å². The number of hydrogen-bond acceptors (Lipinski definition) is 4. The Morgan fingerprint density at radius 2 is 2.10 bits per heavy atom. The number of nitriles is 1. The Bertz CT molecular complexity index is 460. The molecule has 0 saturated carbocycles. The van der Waals surface area contributed by atoms with Gasteiger partial charge in [0.25, 0.3) is 0 Å². The van der Waals surface area contributed by atoms with Crippen LogP contribution in [-0.2, 0) is 0 Å². The Kier molecular flexibility index (Phi) is 7.53. The number of ether oxygens (including phenoxy) is 2. The first kappa shape index (κ1) is 16.9. The van der Waals surface area contributed by atoms with E-state index in [1.54, 1.807) is 18.2 Å². The lowest BCUT2D eigenvalue weighted by Gasteiger charge is -2.16. The molecule has 1 rings (SSSR count). The molecule has 1 unspecified atom stereocenters. The molecule has 0 aliphatic rings. The monoisotopic (exact) mass is 317 g/mol. The first-order valence-corrected chi connectivity index (χ1v) is 7.22. The molecular weight excluding hydrogens is 301 g/mol. The molecule has 20 heavy (non-hydrogen) atoms. The van der Waals surface area contributed by atoms with Gasteiger partial charge in [0, 0.05) is 0 Å². The maximum atomic E-state index is 9.54. The molecule has 0 spiro atoms. The van der Waals surface area contributed by atoms with Gasteiger partial charge in [-0.25, -0.2) is 0 Å². The van der Waals surface area contributed by atoms with Crippen molar-refractivity contribution in [3.8, 4) is 17.6 Å². The molecule has 0 radical (unpaired) electrons. The molecule has 0 heterocycles. The highest BCUT2D eigenvalue weighted by Gasteiger charge is 2.17. The van der Waals surface area contributed by atoms with Crippen LogP contribution in [0, 0.1) is 11.3 Å². The van der Waals surface area contributed by atoms with Gasteiger partial charge in [0.1, 0.15) is 23.6 Å². The molecular formula is C14H17Cl2NO3. The average molecular weight is 318 g/mol. The minimum absolute atomic E-state index is 0.111. The average Bonchev–Trinajstić information content (AvgIpc) is 2.45. The second-order valence-electron chi connectivity index (χ2n) is 4.16. The van der Waals surface area contributed by atoms with E-state index in [0.29, 0.717) is 23.7 Å². The van der Waals surface area contributed by atoms with Gasteiger partial charge in [-0.3, -0.25) is 0 Å². The van der Waals surface area contributed by atoms with E-state index in [1.165, 1.54) is 0 Å². The highest BCUT2D eigenvalue weighted by atomic mass is 35.5. The van der Waals surface area contributed by atoms with Crippen LogP contribution >= 0.6 is 23.2 Å². The molecule has 4 nitrogen and oxygen atoms in total. The summed E-state index contributed by atoms with van der Waals surface area (Å²) in [6.45, 7) is 2.49. The Hall–Kier alpha value is -1.15. The second kappa shape index (κ2) is 8.91. The van der Waals surface area contributed by atoms with Gasteiger partial charge in [0.2, 0.25) is 0 Å². The Labute approximate surface area is 128 Å². The van der Waals surface area contributed by atoms with Crippen molar-refractivity contribution in [3.05, 3.63) is 23.8 Å². The number of alkyl halides is 2. The maximum absolute atomic E-state index is 9.54. The first-order chi connectivity index (χ1) is 9.60. The molecule has 1 aromatic rings. The third-order valence-electron chi connectivity index (χ3n) is 2.54. The second-order valence-corrected chi connectivity index (χ2v) is 5.32. The zero-order valence-corrected chi connectivity index (χ0v) is 12.7. The molecule has 6 heteroatoms. The standard InChI is InChI=1S/C14H17Cl2NO3/c1-2-3-7-19-12-6-4-5-10(8-17)13(12)20-9-11(18)14(15)16/h4-6,11,14,18H,2-3,7,9H2,1H3. The van der Waals surface area contributed by atoms with Gasteiger partial charge < -0.3 is 14.6 Å². The molecule has 0 aliphatic carbocycles. The zero-order chi connectivity index (χ0) is 15.0. The van der Waals surface area contributed by atoms with Crippen LogP contribution in [-0.4, -0.2) is 29.3 Å². The van der Waals surface area contributed by atoms with Gasteiger partial charge in [0.05, 0.1) is 12.2 Å². The zero-order valence-electron chi connectivity index (χ0n) is 11.2. The minimum atomic E-state index is -1.03. The van der Waals surface area contributed by atoms with Crippen molar-refractivity contribution < 1.29 is 14.6 Å². The summed E-state index contributed by atoms with van der Waals surface area (Å²) in [7, 11) is 0. The number of aliphatic hydroxyl groups is 1. The highest BCUT2D eigenvalue weighted by molar-refractivity contribution is 6.44. The van der Waals surface area contributed by atoms with Crippen molar-refractivity contribution in [2.24, 2.45) is 0 Å². The van der Waals surface area contributed by atoms with Crippen LogP contribution in [0.4, 0.5) is 0 Å². The van der Waals surface area contributed by atoms with Crippen molar-refractivity contribution in [2.75, 3.05) is 13.2 Å². The molecule has 110 valence electrons. The summed E-state index contributed by atoms with van der Waals surface area (Å²) in [5.41, 5.74) is 0.340. The van der Waals surface area contributed by atoms with Crippen molar-refractivity contribution in [1.82, 2.24) is 0 Å². The summed E-state index contributed by atoms with van der Waals surface area (Å²) in [5.74, 6) is 0.782. The van der Waals surface area contributed by atoms with Gasteiger partial charge in [0.15, 0.2) is 11.5 Å². The topological polar surface area (TPSA) is 62.5 Å². The van der Waals surface area contributed by atoms with Gasteiger partial charge in [-0.2, -0.15) is 5.26 Å². The summed E-state index contributed by atoms with van der Waals surface area (Å²) in [6, 6.07) is 7.08. The minimum Gasteiger partial charge on any atom is -0.490 e. The van der Waals surface area contributed by atoms with Gasteiger partial charge in [-0.1, -0.05) is 19.4 Å². The van der Waals surface area contributed by atoms with E-state index >= 15 is 0 Å². The summed E-state index contributed by atoms with van der Waals surface area (Å²) < 4.78 is 11.0.